The highest BCUT2D eigenvalue weighted by molar-refractivity contribution is 8.14. The number of hydrogen-bond donors (Lipinski definition) is 0. The molecule has 5 fully saturated rings. The van der Waals surface area contributed by atoms with Crippen LogP contribution in [-0.2, 0) is 4.79 Å². The molecule has 7 heteroatoms. The highest BCUT2D eigenvalue weighted by atomic mass is 35.5. The largest absolute Gasteiger partial charge is 0.457 e. The molecule has 0 N–H and O–H groups in total. The maximum Gasteiger partial charge on any atom is 0.225 e. The standard InChI is InChI=1S/C30H37N3O2S.ClH/c1-3-13-32-28(20-36-29(32)31-30-17-22-14-23(18-30)16-24(15-22)19-30)33(21(2)34)25-9-11-27(12-10-25)35-26-7-5-4-6-8-26;/h4-12,22-24,28H,3,13-20H2,1-2H3;1H. The van der Waals surface area contributed by atoms with Crippen LogP contribution in [0, 0.1) is 17.8 Å². The van der Waals surface area contributed by atoms with Gasteiger partial charge in [0.25, 0.3) is 0 Å². The number of carbonyl (C=O) groups excluding carboxylic acids is 1. The van der Waals surface area contributed by atoms with E-state index >= 15 is 0 Å². The molecule has 1 saturated heterocycles. The minimum atomic E-state index is -0.0130. The van der Waals surface area contributed by atoms with Crippen LogP contribution in [0.1, 0.15) is 58.8 Å². The lowest BCUT2D eigenvalue weighted by Gasteiger charge is -2.55. The number of anilines is 1. The van der Waals surface area contributed by atoms with Crippen LogP contribution in [0.25, 0.3) is 0 Å². The van der Waals surface area contributed by atoms with Gasteiger partial charge in [0, 0.05) is 24.9 Å². The highest BCUT2D eigenvalue weighted by Gasteiger charge is 2.52. The van der Waals surface area contributed by atoms with Crippen molar-refractivity contribution < 1.29 is 9.53 Å². The Labute approximate surface area is 231 Å². The molecule has 2 aromatic carbocycles. The zero-order chi connectivity index (χ0) is 24.7. The van der Waals surface area contributed by atoms with E-state index in [0.717, 1.165) is 53.7 Å². The fourth-order valence-electron chi connectivity index (χ4n) is 7.51. The normalized spacial score (nSPS) is 30.9. The van der Waals surface area contributed by atoms with Crippen molar-refractivity contribution in [2.45, 2.75) is 70.5 Å². The van der Waals surface area contributed by atoms with Crippen molar-refractivity contribution in [3.05, 3.63) is 54.6 Å². The van der Waals surface area contributed by atoms with E-state index < -0.39 is 0 Å². The number of benzene rings is 2. The Morgan fingerprint density at radius 3 is 2.16 bits per heavy atom. The van der Waals surface area contributed by atoms with Crippen LogP contribution in [0.5, 0.6) is 11.5 Å². The van der Waals surface area contributed by atoms with E-state index in [1.807, 2.05) is 71.3 Å². The summed E-state index contributed by atoms with van der Waals surface area (Å²) in [4.78, 5) is 22.9. The Bertz CT molecular complexity index is 1090. The van der Waals surface area contributed by atoms with Gasteiger partial charge in [-0.1, -0.05) is 36.9 Å². The molecule has 1 atom stereocenters. The lowest BCUT2D eigenvalue weighted by Crippen LogP contribution is -2.52. The second-order valence-electron chi connectivity index (χ2n) is 11.3. The van der Waals surface area contributed by atoms with Gasteiger partial charge in [-0.2, -0.15) is 0 Å². The maximum absolute atomic E-state index is 13.0. The van der Waals surface area contributed by atoms with Gasteiger partial charge in [0.2, 0.25) is 5.91 Å². The molecule has 198 valence electrons. The summed E-state index contributed by atoms with van der Waals surface area (Å²) in [7, 11) is 0. The predicted molar refractivity (Wildman–Crippen MR) is 155 cm³/mol. The van der Waals surface area contributed by atoms with Crippen molar-refractivity contribution >= 4 is 40.9 Å². The Morgan fingerprint density at radius 2 is 1.59 bits per heavy atom. The number of halogens is 1. The number of amidine groups is 1. The molecule has 0 aromatic heterocycles. The number of para-hydroxylation sites is 1. The molecule has 1 unspecified atom stereocenters. The lowest BCUT2D eigenvalue weighted by atomic mass is 9.53. The molecule has 0 spiro atoms. The molecule has 5 nitrogen and oxygen atoms in total. The Morgan fingerprint density at radius 1 is 1.00 bits per heavy atom. The van der Waals surface area contributed by atoms with Crippen LogP contribution >= 0.6 is 24.2 Å². The number of rotatable bonds is 7. The Hall–Kier alpha value is -2.18. The summed E-state index contributed by atoms with van der Waals surface area (Å²) in [5.74, 6) is 5.14. The average Bonchev–Trinajstić information content (AvgIpc) is 3.21. The quantitative estimate of drug-likeness (QED) is 0.368. The molecule has 2 aromatic rings. The van der Waals surface area contributed by atoms with E-state index in [1.165, 1.54) is 43.7 Å². The van der Waals surface area contributed by atoms with Crippen molar-refractivity contribution in [2.75, 3.05) is 17.2 Å². The van der Waals surface area contributed by atoms with Gasteiger partial charge in [-0.25, -0.2) is 0 Å². The van der Waals surface area contributed by atoms with Crippen molar-refractivity contribution in [1.82, 2.24) is 4.90 Å². The zero-order valence-electron chi connectivity index (χ0n) is 21.8. The minimum Gasteiger partial charge on any atom is -0.457 e. The van der Waals surface area contributed by atoms with Crippen molar-refractivity contribution in [3.63, 3.8) is 0 Å². The Kier molecular flexibility index (Phi) is 7.78. The summed E-state index contributed by atoms with van der Waals surface area (Å²) in [5, 5.41) is 1.17. The van der Waals surface area contributed by atoms with E-state index in [1.54, 1.807) is 6.92 Å². The number of hydrogen-bond acceptors (Lipinski definition) is 4. The molecule has 1 amide bonds. The molecular formula is C30H38ClN3O2S. The molecule has 0 radical (unpaired) electrons. The first-order valence-electron chi connectivity index (χ1n) is 13.6. The number of nitrogens with zero attached hydrogens (tertiary/aromatic N) is 3. The van der Waals surface area contributed by atoms with E-state index in [4.69, 9.17) is 9.73 Å². The molecule has 1 aliphatic heterocycles. The van der Waals surface area contributed by atoms with Crippen LogP contribution in [0.2, 0.25) is 0 Å². The molecule has 7 rings (SSSR count). The first-order valence-corrected chi connectivity index (χ1v) is 14.6. The minimum absolute atomic E-state index is 0. The molecule has 4 saturated carbocycles. The second kappa shape index (κ2) is 10.9. The number of thioether (sulfide) groups is 1. The van der Waals surface area contributed by atoms with Crippen LogP contribution in [-0.4, -0.2) is 40.0 Å². The molecule has 5 aliphatic rings. The topological polar surface area (TPSA) is 45.1 Å². The third-order valence-corrected chi connectivity index (χ3v) is 9.55. The summed E-state index contributed by atoms with van der Waals surface area (Å²) < 4.78 is 5.97. The SMILES string of the molecule is CCCN1C(=NC23CC4CC(CC(C4)C2)C3)SCC1N(C(C)=O)c1ccc(Oc2ccccc2)cc1.Cl. The zero-order valence-corrected chi connectivity index (χ0v) is 23.5. The van der Waals surface area contributed by atoms with Gasteiger partial charge in [-0.3, -0.25) is 14.7 Å². The summed E-state index contributed by atoms with van der Waals surface area (Å²) in [6.07, 6.45) is 9.13. The fraction of sp³-hybridized carbons (Fsp3) is 0.533. The first-order chi connectivity index (χ1) is 17.5. The van der Waals surface area contributed by atoms with Gasteiger partial charge in [0.05, 0.1) is 5.54 Å². The van der Waals surface area contributed by atoms with E-state index in [2.05, 4.69) is 11.8 Å². The van der Waals surface area contributed by atoms with Gasteiger partial charge in [0.15, 0.2) is 5.17 Å². The van der Waals surface area contributed by atoms with Gasteiger partial charge in [-0.05, 0) is 99.1 Å². The molecule has 4 aliphatic carbocycles. The van der Waals surface area contributed by atoms with Crippen molar-refractivity contribution in [1.29, 1.82) is 0 Å². The second-order valence-corrected chi connectivity index (χ2v) is 12.3. The molecule has 37 heavy (non-hydrogen) atoms. The average molecular weight is 540 g/mol. The highest BCUT2D eigenvalue weighted by Crippen LogP contribution is 2.57. The number of carbonyl (C=O) groups is 1. The van der Waals surface area contributed by atoms with E-state index in [-0.39, 0.29) is 30.0 Å². The molecule has 4 bridgehead atoms. The molecule has 1 heterocycles. The number of aliphatic imine (C=N–C) groups is 1. The third kappa shape index (κ3) is 5.37. The fourth-order valence-corrected chi connectivity index (χ4v) is 8.78. The molecular weight excluding hydrogens is 502 g/mol. The van der Waals surface area contributed by atoms with Crippen LogP contribution < -0.4 is 9.64 Å². The van der Waals surface area contributed by atoms with E-state index in [0.29, 0.717) is 0 Å². The van der Waals surface area contributed by atoms with Gasteiger partial charge < -0.3 is 9.64 Å². The maximum atomic E-state index is 13.0. The lowest BCUT2D eigenvalue weighted by molar-refractivity contribution is -0.117. The summed E-state index contributed by atoms with van der Waals surface area (Å²) in [6, 6.07) is 17.7. The van der Waals surface area contributed by atoms with Crippen LogP contribution in [0.3, 0.4) is 0 Å². The smallest absolute Gasteiger partial charge is 0.225 e. The summed E-state index contributed by atoms with van der Waals surface area (Å²) in [6.45, 7) is 4.81. The van der Waals surface area contributed by atoms with Gasteiger partial charge in [0.1, 0.15) is 17.7 Å². The predicted octanol–water partition coefficient (Wildman–Crippen LogP) is 7.36. The first kappa shape index (κ1) is 26.4. The number of amides is 1. The monoisotopic (exact) mass is 539 g/mol. The number of ether oxygens (including phenoxy) is 1. The third-order valence-electron chi connectivity index (χ3n) is 8.50. The van der Waals surface area contributed by atoms with Crippen molar-refractivity contribution in [2.24, 2.45) is 22.7 Å². The van der Waals surface area contributed by atoms with E-state index in [9.17, 15) is 4.79 Å². The van der Waals surface area contributed by atoms with Crippen LogP contribution in [0.4, 0.5) is 5.69 Å². The van der Waals surface area contributed by atoms with Crippen LogP contribution in [0.15, 0.2) is 59.6 Å². The van der Waals surface area contributed by atoms with Gasteiger partial charge in [-0.15, -0.1) is 12.4 Å². The van der Waals surface area contributed by atoms with Crippen molar-refractivity contribution in [3.8, 4) is 11.5 Å². The summed E-state index contributed by atoms with van der Waals surface area (Å²) >= 11 is 1.85. The summed E-state index contributed by atoms with van der Waals surface area (Å²) in [5.41, 5.74) is 1.06. The van der Waals surface area contributed by atoms with Gasteiger partial charge >= 0.3 is 0 Å². The Balaban J connectivity index is 0.00000280.